The van der Waals surface area contributed by atoms with Crippen LogP contribution in [-0.4, -0.2) is 7.11 Å². The number of hydrogen-bond acceptors (Lipinski definition) is 1. The van der Waals surface area contributed by atoms with Gasteiger partial charge in [0.05, 0.1) is 7.11 Å². The number of hydrogen-bond donors (Lipinski definition) is 0. The fourth-order valence-electron chi connectivity index (χ4n) is 2.02. The quantitative estimate of drug-likeness (QED) is 0.551. The van der Waals surface area contributed by atoms with E-state index < -0.39 is 0 Å². The van der Waals surface area contributed by atoms with Crippen LogP contribution < -0.4 is 4.74 Å². The van der Waals surface area contributed by atoms with E-state index in [1.807, 2.05) is 18.2 Å². The van der Waals surface area contributed by atoms with Gasteiger partial charge in [-0.3, -0.25) is 0 Å². The second kappa shape index (κ2) is 3.53. The molecule has 1 radical (unpaired) electrons. The smallest absolute Gasteiger partial charge is 0.119 e. The summed E-state index contributed by atoms with van der Waals surface area (Å²) in [5.74, 6) is 0.892. The minimum atomic E-state index is 0.892. The topological polar surface area (TPSA) is 9.23 Å². The Labute approximate surface area is 94.3 Å². The van der Waals surface area contributed by atoms with Gasteiger partial charge in [0.25, 0.3) is 0 Å². The van der Waals surface area contributed by atoms with Crippen LogP contribution in [0.25, 0.3) is 21.5 Å². The zero-order valence-electron chi connectivity index (χ0n) is 9.03. The molecule has 1 heteroatoms. The summed E-state index contributed by atoms with van der Waals surface area (Å²) in [7, 11) is 1.69. The molecule has 0 saturated heterocycles. The van der Waals surface area contributed by atoms with Gasteiger partial charge >= 0.3 is 0 Å². The summed E-state index contributed by atoms with van der Waals surface area (Å²) < 4.78 is 5.26. The van der Waals surface area contributed by atoms with Crippen molar-refractivity contribution in [2.45, 2.75) is 0 Å². The van der Waals surface area contributed by atoms with Crippen LogP contribution in [0.1, 0.15) is 0 Å². The number of fused-ring (bicyclic) bond motifs is 3. The van der Waals surface area contributed by atoms with Gasteiger partial charge in [-0.25, -0.2) is 0 Å². The third kappa shape index (κ3) is 1.33. The monoisotopic (exact) mass is 207 g/mol. The molecule has 0 aliphatic rings. The summed E-state index contributed by atoms with van der Waals surface area (Å²) in [4.78, 5) is 0. The first kappa shape index (κ1) is 9.22. The van der Waals surface area contributed by atoms with E-state index in [2.05, 4.69) is 36.4 Å². The Morgan fingerprint density at radius 3 is 2.75 bits per heavy atom. The van der Waals surface area contributed by atoms with E-state index in [4.69, 9.17) is 4.74 Å². The van der Waals surface area contributed by atoms with Crippen LogP contribution in [-0.2, 0) is 0 Å². The molecule has 0 aliphatic heterocycles. The van der Waals surface area contributed by atoms with E-state index in [0.717, 1.165) is 11.1 Å². The van der Waals surface area contributed by atoms with Crippen LogP contribution in [0.5, 0.6) is 5.75 Å². The van der Waals surface area contributed by atoms with Crippen LogP contribution in [0.3, 0.4) is 0 Å². The van der Waals surface area contributed by atoms with Gasteiger partial charge in [0.1, 0.15) is 5.75 Å². The zero-order valence-corrected chi connectivity index (χ0v) is 9.03. The fraction of sp³-hybridized carbons (Fsp3) is 0.0667. The normalized spacial score (nSPS) is 10.8. The van der Waals surface area contributed by atoms with Crippen molar-refractivity contribution in [1.29, 1.82) is 0 Å². The summed E-state index contributed by atoms with van der Waals surface area (Å²) in [6.07, 6.45) is 0. The van der Waals surface area contributed by atoms with Crippen LogP contribution in [0.2, 0.25) is 0 Å². The average Bonchev–Trinajstić information content (AvgIpc) is 2.38. The second-order valence-electron chi connectivity index (χ2n) is 3.79. The molecule has 0 amide bonds. The summed E-state index contributed by atoms with van der Waals surface area (Å²) in [5.41, 5.74) is 0. The first-order valence-electron chi connectivity index (χ1n) is 5.26. The van der Waals surface area contributed by atoms with Crippen molar-refractivity contribution >= 4 is 21.5 Å². The lowest BCUT2D eigenvalue weighted by molar-refractivity contribution is 0.415. The van der Waals surface area contributed by atoms with Crippen molar-refractivity contribution in [3.63, 3.8) is 0 Å². The molecule has 0 unspecified atom stereocenters. The number of methoxy groups -OCH3 is 1. The molecule has 0 atom stereocenters. The largest absolute Gasteiger partial charge is 0.497 e. The summed E-state index contributed by atoms with van der Waals surface area (Å²) in [6.45, 7) is 0. The second-order valence-corrected chi connectivity index (χ2v) is 3.79. The Kier molecular flexibility index (Phi) is 2.03. The van der Waals surface area contributed by atoms with Crippen LogP contribution in [0.4, 0.5) is 0 Å². The van der Waals surface area contributed by atoms with Gasteiger partial charge in [-0.05, 0) is 45.8 Å². The fourth-order valence-corrected chi connectivity index (χ4v) is 2.02. The molecule has 0 aromatic heterocycles. The van der Waals surface area contributed by atoms with E-state index in [1.165, 1.54) is 16.2 Å². The summed E-state index contributed by atoms with van der Waals surface area (Å²) in [5, 5.41) is 4.77. The third-order valence-electron chi connectivity index (χ3n) is 2.86. The lowest BCUT2D eigenvalue weighted by Crippen LogP contribution is -1.83. The van der Waals surface area contributed by atoms with E-state index >= 15 is 0 Å². The highest BCUT2D eigenvalue weighted by Crippen LogP contribution is 2.27. The van der Waals surface area contributed by atoms with Crippen molar-refractivity contribution in [3.8, 4) is 5.75 Å². The highest BCUT2D eigenvalue weighted by atomic mass is 16.5. The molecule has 3 aromatic rings. The lowest BCUT2D eigenvalue weighted by atomic mass is 10.0. The van der Waals surface area contributed by atoms with E-state index in [0.29, 0.717) is 0 Å². The Balaban J connectivity index is 2.47. The van der Waals surface area contributed by atoms with E-state index in [-0.39, 0.29) is 0 Å². The molecule has 0 spiro atoms. The molecule has 3 rings (SSSR count). The molecule has 0 saturated carbocycles. The summed E-state index contributed by atoms with van der Waals surface area (Å²) >= 11 is 0. The third-order valence-corrected chi connectivity index (χ3v) is 2.86. The van der Waals surface area contributed by atoms with Gasteiger partial charge in [-0.1, -0.05) is 30.3 Å². The lowest BCUT2D eigenvalue weighted by Gasteiger charge is -2.05. The molecular formula is C15H11O. The van der Waals surface area contributed by atoms with Crippen molar-refractivity contribution < 1.29 is 4.74 Å². The van der Waals surface area contributed by atoms with E-state index in [1.54, 1.807) is 7.11 Å². The highest BCUT2D eigenvalue weighted by molar-refractivity contribution is 6.07. The first-order valence-corrected chi connectivity index (χ1v) is 5.26. The van der Waals surface area contributed by atoms with E-state index in [9.17, 15) is 0 Å². The predicted molar refractivity (Wildman–Crippen MR) is 66.8 cm³/mol. The molecule has 3 aromatic carbocycles. The number of rotatable bonds is 1. The van der Waals surface area contributed by atoms with Crippen molar-refractivity contribution in [2.75, 3.05) is 7.11 Å². The standard InChI is InChI=1S/C15H11O/c1-16-13-9-8-12-7-6-11-4-2-3-5-14(11)15(12)10-13/h2-5,7-10H,1H3. The Hall–Kier alpha value is -2.02. The van der Waals surface area contributed by atoms with Crippen molar-refractivity contribution in [3.05, 3.63) is 54.6 Å². The number of benzene rings is 3. The maximum Gasteiger partial charge on any atom is 0.119 e. The molecule has 0 N–H and O–H groups in total. The van der Waals surface area contributed by atoms with Gasteiger partial charge in [-0.2, -0.15) is 0 Å². The average molecular weight is 207 g/mol. The molecule has 0 fully saturated rings. The molecule has 0 heterocycles. The van der Waals surface area contributed by atoms with Crippen molar-refractivity contribution in [1.82, 2.24) is 0 Å². The Morgan fingerprint density at radius 1 is 1.00 bits per heavy atom. The molecule has 16 heavy (non-hydrogen) atoms. The Bertz CT molecular complexity index is 656. The predicted octanol–water partition coefficient (Wildman–Crippen LogP) is 3.80. The maximum absolute atomic E-state index is 5.26. The van der Waals surface area contributed by atoms with Crippen molar-refractivity contribution in [2.24, 2.45) is 0 Å². The van der Waals surface area contributed by atoms with Crippen LogP contribution in [0, 0.1) is 6.07 Å². The van der Waals surface area contributed by atoms with Gasteiger partial charge < -0.3 is 4.74 Å². The van der Waals surface area contributed by atoms with Gasteiger partial charge in [-0.15, -0.1) is 0 Å². The van der Waals surface area contributed by atoms with Gasteiger partial charge in [0.2, 0.25) is 0 Å². The molecule has 0 bridgehead atoms. The zero-order chi connectivity index (χ0) is 11.0. The Morgan fingerprint density at radius 2 is 1.88 bits per heavy atom. The van der Waals surface area contributed by atoms with Gasteiger partial charge in [0.15, 0.2) is 0 Å². The number of ether oxygens (including phenoxy) is 1. The summed E-state index contributed by atoms with van der Waals surface area (Å²) in [6, 6.07) is 19.7. The van der Waals surface area contributed by atoms with Crippen LogP contribution in [0.15, 0.2) is 48.5 Å². The minimum absolute atomic E-state index is 0.892. The maximum atomic E-state index is 5.26. The molecule has 77 valence electrons. The SMILES string of the molecule is COc1ccc2c[c]c3ccccc3c2c1. The molecule has 0 aliphatic carbocycles. The molecular weight excluding hydrogens is 196 g/mol. The van der Waals surface area contributed by atoms with Crippen LogP contribution >= 0.6 is 0 Å². The highest BCUT2D eigenvalue weighted by Gasteiger charge is 2.01. The molecule has 1 nitrogen and oxygen atoms in total. The van der Waals surface area contributed by atoms with Gasteiger partial charge in [0, 0.05) is 0 Å². The minimum Gasteiger partial charge on any atom is -0.497 e. The first-order chi connectivity index (χ1) is 7.88.